The van der Waals surface area contributed by atoms with Crippen molar-refractivity contribution in [2.45, 2.75) is 38.1 Å². The molecule has 4 heterocycles. The maximum absolute atomic E-state index is 12.9. The summed E-state index contributed by atoms with van der Waals surface area (Å²) in [7, 11) is 3.16. The number of benzene rings is 1. The number of rotatable bonds is 7. The molecule has 0 spiro atoms. The molecule has 5 rings (SSSR count). The summed E-state index contributed by atoms with van der Waals surface area (Å²) >= 11 is 0. The fourth-order valence-corrected chi connectivity index (χ4v) is 5.10. The summed E-state index contributed by atoms with van der Waals surface area (Å²) in [6, 6.07) is 10.9. The van der Waals surface area contributed by atoms with Crippen LogP contribution >= 0.6 is 0 Å². The minimum Gasteiger partial charge on any atom is -0.493 e. The highest BCUT2D eigenvalue weighted by Crippen LogP contribution is 2.35. The molecule has 2 bridgehead atoms. The summed E-state index contributed by atoms with van der Waals surface area (Å²) < 4.78 is 17.9. The molecule has 0 radical (unpaired) electrons. The lowest BCUT2D eigenvalue weighted by Crippen LogP contribution is -2.49. The number of carbonyl (C=O) groups excluding carboxylic acids is 1. The first kappa shape index (κ1) is 22.2. The molecule has 0 saturated carbocycles. The smallest absolute Gasteiger partial charge is 0.250 e. The quantitative estimate of drug-likeness (QED) is 0.530. The van der Waals surface area contributed by atoms with Gasteiger partial charge in [-0.25, -0.2) is 0 Å². The van der Waals surface area contributed by atoms with Crippen LogP contribution in [-0.2, 0) is 17.8 Å². The van der Waals surface area contributed by atoms with Crippen LogP contribution in [0.2, 0.25) is 0 Å². The Hall–Kier alpha value is -3.62. The summed E-state index contributed by atoms with van der Waals surface area (Å²) in [6.07, 6.45) is 2.63. The van der Waals surface area contributed by atoms with E-state index in [1.807, 2.05) is 27.7 Å². The Balaban J connectivity index is 1.17. The molecule has 34 heavy (non-hydrogen) atoms. The van der Waals surface area contributed by atoms with Crippen molar-refractivity contribution in [3.63, 3.8) is 0 Å². The average Bonchev–Trinajstić information content (AvgIpc) is 3.33. The van der Waals surface area contributed by atoms with E-state index in [2.05, 4.69) is 10.1 Å². The average molecular weight is 465 g/mol. The first-order valence-electron chi connectivity index (χ1n) is 11.6. The van der Waals surface area contributed by atoms with E-state index in [0.717, 1.165) is 17.7 Å². The molecule has 0 aliphatic carbocycles. The Morgan fingerprint density at radius 3 is 2.79 bits per heavy atom. The van der Waals surface area contributed by atoms with Crippen molar-refractivity contribution in [2.24, 2.45) is 5.92 Å². The standard InChI is InChI=1S/C25H28N4O5/c1-32-20-10-9-17(12-21(20)33-2)25-26-22(34-27-25)6-4-7-23(30)28-13-16-11-18(15-28)19-5-3-8-24(31)29(19)14-16/h3,5,8-10,12,16,18H,4,6-7,11,13-15H2,1-2H3/t16-,18+/m0/s1. The van der Waals surface area contributed by atoms with E-state index in [9.17, 15) is 9.59 Å². The van der Waals surface area contributed by atoms with Crippen LogP contribution in [0.15, 0.2) is 45.7 Å². The van der Waals surface area contributed by atoms with Crippen molar-refractivity contribution < 1.29 is 18.8 Å². The monoisotopic (exact) mass is 464 g/mol. The number of piperidine rings is 1. The molecule has 9 heteroatoms. The van der Waals surface area contributed by atoms with Gasteiger partial charge in [0.15, 0.2) is 11.5 Å². The van der Waals surface area contributed by atoms with Crippen molar-refractivity contribution in [3.8, 4) is 22.9 Å². The summed E-state index contributed by atoms with van der Waals surface area (Å²) in [5, 5.41) is 4.07. The maximum Gasteiger partial charge on any atom is 0.250 e. The molecule has 2 aromatic heterocycles. The molecule has 9 nitrogen and oxygen atoms in total. The molecular weight excluding hydrogens is 436 g/mol. The third kappa shape index (κ3) is 4.30. The Labute approximate surface area is 197 Å². The Bertz CT molecular complexity index is 1250. The zero-order valence-electron chi connectivity index (χ0n) is 19.4. The molecule has 1 saturated heterocycles. The van der Waals surface area contributed by atoms with Crippen LogP contribution in [-0.4, -0.2) is 52.8 Å². The van der Waals surface area contributed by atoms with E-state index < -0.39 is 0 Å². The number of fused-ring (bicyclic) bond motifs is 4. The third-order valence-electron chi connectivity index (χ3n) is 6.72. The van der Waals surface area contributed by atoms with Gasteiger partial charge in [-0.15, -0.1) is 0 Å². The summed E-state index contributed by atoms with van der Waals surface area (Å²) in [5.41, 5.74) is 1.87. The number of ether oxygens (including phenoxy) is 2. The number of aryl methyl sites for hydroxylation is 1. The zero-order valence-corrected chi connectivity index (χ0v) is 19.4. The minimum absolute atomic E-state index is 0.0546. The van der Waals surface area contributed by atoms with Crippen LogP contribution in [0, 0.1) is 5.92 Å². The number of pyridine rings is 1. The molecule has 0 N–H and O–H groups in total. The fraction of sp³-hybridized carbons (Fsp3) is 0.440. The molecule has 1 amide bonds. The molecule has 178 valence electrons. The molecule has 2 atom stereocenters. The molecule has 1 aromatic carbocycles. The number of methoxy groups -OCH3 is 2. The number of aromatic nitrogens is 3. The highest BCUT2D eigenvalue weighted by Gasteiger charge is 2.35. The van der Waals surface area contributed by atoms with Crippen molar-refractivity contribution in [1.29, 1.82) is 0 Å². The summed E-state index contributed by atoms with van der Waals surface area (Å²) in [6.45, 7) is 2.07. The lowest BCUT2D eigenvalue weighted by Gasteiger charge is -2.42. The molecule has 2 aliphatic rings. The van der Waals surface area contributed by atoms with E-state index in [4.69, 9.17) is 14.0 Å². The second kappa shape index (κ2) is 9.32. The highest BCUT2D eigenvalue weighted by atomic mass is 16.5. The van der Waals surface area contributed by atoms with E-state index in [1.54, 1.807) is 32.4 Å². The van der Waals surface area contributed by atoms with Crippen LogP contribution < -0.4 is 15.0 Å². The number of carbonyl (C=O) groups is 1. The van der Waals surface area contributed by atoms with Crippen LogP contribution in [0.25, 0.3) is 11.4 Å². The van der Waals surface area contributed by atoms with Gasteiger partial charge in [-0.05, 0) is 43.0 Å². The lowest BCUT2D eigenvalue weighted by molar-refractivity contribution is -0.134. The van der Waals surface area contributed by atoms with Crippen LogP contribution in [0.1, 0.15) is 36.8 Å². The van der Waals surface area contributed by atoms with Crippen LogP contribution in [0.3, 0.4) is 0 Å². The second-order valence-corrected chi connectivity index (χ2v) is 8.93. The van der Waals surface area contributed by atoms with Gasteiger partial charge in [0, 0.05) is 55.7 Å². The van der Waals surface area contributed by atoms with Gasteiger partial charge in [-0.1, -0.05) is 11.2 Å². The number of hydrogen-bond acceptors (Lipinski definition) is 7. The molecule has 3 aromatic rings. The Morgan fingerprint density at radius 1 is 1.12 bits per heavy atom. The van der Waals surface area contributed by atoms with Gasteiger partial charge in [0.2, 0.25) is 17.6 Å². The minimum atomic E-state index is 0.0546. The van der Waals surface area contributed by atoms with Crippen molar-refractivity contribution in [3.05, 3.63) is 58.3 Å². The van der Waals surface area contributed by atoms with Gasteiger partial charge in [-0.2, -0.15) is 4.98 Å². The summed E-state index contributed by atoms with van der Waals surface area (Å²) in [4.78, 5) is 31.5. The van der Waals surface area contributed by atoms with E-state index in [1.165, 1.54) is 0 Å². The Morgan fingerprint density at radius 2 is 1.97 bits per heavy atom. The number of hydrogen-bond donors (Lipinski definition) is 0. The number of amides is 1. The van der Waals surface area contributed by atoms with E-state index >= 15 is 0 Å². The molecule has 0 unspecified atom stereocenters. The second-order valence-electron chi connectivity index (χ2n) is 8.93. The predicted molar refractivity (Wildman–Crippen MR) is 124 cm³/mol. The Kier molecular flexibility index (Phi) is 6.08. The van der Waals surface area contributed by atoms with Crippen molar-refractivity contribution >= 4 is 5.91 Å². The third-order valence-corrected chi connectivity index (χ3v) is 6.72. The molecular formula is C25H28N4O5. The normalized spacial score (nSPS) is 18.9. The fourth-order valence-electron chi connectivity index (χ4n) is 5.10. The van der Waals surface area contributed by atoms with Gasteiger partial charge in [0.1, 0.15) is 0 Å². The first-order valence-corrected chi connectivity index (χ1v) is 11.6. The SMILES string of the molecule is COc1ccc(-c2noc(CCCC(=O)N3C[C@@H]4C[C@H](C3)c3cccc(=O)n3C4)n2)cc1OC. The van der Waals surface area contributed by atoms with Gasteiger partial charge in [0.25, 0.3) is 5.56 Å². The topological polar surface area (TPSA) is 99.7 Å². The van der Waals surface area contributed by atoms with Crippen LogP contribution in [0.4, 0.5) is 0 Å². The molecule has 1 fully saturated rings. The maximum atomic E-state index is 12.9. The summed E-state index contributed by atoms with van der Waals surface area (Å²) in [5.74, 6) is 2.89. The van der Waals surface area contributed by atoms with Gasteiger partial charge >= 0.3 is 0 Å². The van der Waals surface area contributed by atoms with Crippen molar-refractivity contribution in [2.75, 3.05) is 27.3 Å². The van der Waals surface area contributed by atoms with E-state index in [0.29, 0.717) is 68.0 Å². The number of likely N-dealkylation sites (tertiary alicyclic amines) is 1. The van der Waals surface area contributed by atoms with Gasteiger partial charge < -0.3 is 23.5 Å². The van der Waals surface area contributed by atoms with Crippen LogP contribution in [0.5, 0.6) is 11.5 Å². The largest absolute Gasteiger partial charge is 0.493 e. The lowest BCUT2D eigenvalue weighted by atomic mass is 9.83. The van der Waals surface area contributed by atoms with Gasteiger partial charge in [-0.3, -0.25) is 9.59 Å². The van der Waals surface area contributed by atoms with Gasteiger partial charge in [0.05, 0.1) is 14.2 Å². The zero-order chi connectivity index (χ0) is 23.7. The first-order chi connectivity index (χ1) is 16.6. The highest BCUT2D eigenvalue weighted by molar-refractivity contribution is 5.76. The molecule has 2 aliphatic heterocycles. The van der Waals surface area contributed by atoms with E-state index in [-0.39, 0.29) is 17.4 Å². The predicted octanol–water partition coefficient (Wildman–Crippen LogP) is 2.88. The van der Waals surface area contributed by atoms with Crippen molar-refractivity contribution in [1.82, 2.24) is 19.6 Å². The number of nitrogens with zero attached hydrogens (tertiary/aromatic N) is 4.